The van der Waals surface area contributed by atoms with E-state index in [9.17, 15) is 20.0 Å². The molecule has 1 aromatic heterocycles. The van der Waals surface area contributed by atoms with Crippen molar-refractivity contribution in [1.82, 2.24) is 4.57 Å². The molecule has 0 amide bonds. The van der Waals surface area contributed by atoms with E-state index in [2.05, 4.69) is 0 Å². The summed E-state index contributed by atoms with van der Waals surface area (Å²) in [4.78, 5) is 21.6. The van der Waals surface area contributed by atoms with Crippen LogP contribution in [0.5, 0.6) is 0 Å². The van der Waals surface area contributed by atoms with Crippen molar-refractivity contribution in [3.8, 4) is 0 Å². The maximum atomic E-state index is 11.5. The summed E-state index contributed by atoms with van der Waals surface area (Å²) in [6, 6.07) is 3.81. The van der Waals surface area contributed by atoms with Crippen molar-refractivity contribution < 1.29 is 14.4 Å². The number of hydrogen-bond acceptors (Lipinski definition) is 5. The van der Waals surface area contributed by atoms with Crippen LogP contribution in [0.25, 0.3) is 11.1 Å². The average Bonchev–Trinajstić information content (AvgIpc) is 2.65. The summed E-state index contributed by atoms with van der Waals surface area (Å²) in [6.07, 6.45) is -0.926. The Kier molecular flexibility index (Phi) is 3.35. The Morgan fingerprint density at radius 3 is 2.89 bits per heavy atom. The van der Waals surface area contributed by atoms with Gasteiger partial charge >= 0.3 is 5.76 Å². The molecule has 2 aromatic rings. The fraction of sp³-hybridized carbons (Fsp3) is 0.300. The molecule has 0 bridgehead atoms. The van der Waals surface area contributed by atoms with Gasteiger partial charge in [0, 0.05) is 12.1 Å². The Morgan fingerprint density at radius 2 is 2.28 bits per heavy atom. The number of rotatable bonds is 4. The third-order valence-corrected chi connectivity index (χ3v) is 2.79. The predicted octanol–water partition coefficient (Wildman–Crippen LogP) is 1.10. The minimum Gasteiger partial charge on any atom is -0.408 e. The zero-order valence-corrected chi connectivity index (χ0v) is 9.83. The van der Waals surface area contributed by atoms with Crippen LogP contribution in [0.15, 0.2) is 27.4 Å². The number of benzene rings is 1. The number of non-ortho nitro benzene ring substituents is 1. The number of alkyl halides is 1. The molecule has 18 heavy (non-hydrogen) atoms. The number of nitro benzene ring substituents is 1. The summed E-state index contributed by atoms with van der Waals surface area (Å²) >= 11 is 5.45. The lowest BCUT2D eigenvalue weighted by Crippen LogP contribution is -2.24. The maximum Gasteiger partial charge on any atom is 0.420 e. The second kappa shape index (κ2) is 4.79. The Hall–Kier alpha value is -1.86. The number of hydrogen-bond donors (Lipinski definition) is 1. The molecule has 1 unspecified atom stereocenters. The summed E-state index contributed by atoms with van der Waals surface area (Å²) in [5.74, 6) is -0.733. The lowest BCUT2D eigenvalue weighted by Gasteiger charge is -2.06. The van der Waals surface area contributed by atoms with Crippen LogP contribution in [0.4, 0.5) is 5.69 Å². The molecule has 2 rings (SSSR count). The van der Waals surface area contributed by atoms with E-state index in [0.29, 0.717) is 0 Å². The van der Waals surface area contributed by atoms with Gasteiger partial charge in [-0.15, -0.1) is 11.6 Å². The number of nitro groups is 1. The minimum absolute atomic E-state index is 0.0476. The highest BCUT2D eigenvalue weighted by Gasteiger charge is 2.16. The van der Waals surface area contributed by atoms with Crippen LogP contribution in [0.2, 0.25) is 0 Å². The largest absolute Gasteiger partial charge is 0.420 e. The lowest BCUT2D eigenvalue weighted by atomic mass is 10.3. The average molecular weight is 273 g/mol. The van der Waals surface area contributed by atoms with Gasteiger partial charge in [-0.25, -0.2) is 4.79 Å². The van der Waals surface area contributed by atoms with E-state index < -0.39 is 16.8 Å². The molecule has 0 spiro atoms. The van der Waals surface area contributed by atoms with Gasteiger partial charge in [0.1, 0.15) is 0 Å². The standard InChI is InChI=1S/C10H9ClN2O5/c11-4-7(14)5-12-8-3-6(13(16)17)1-2-9(8)18-10(12)15/h1-3,7,14H,4-5H2. The molecule has 96 valence electrons. The molecule has 0 fully saturated rings. The highest BCUT2D eigenvalue weighted by atomic mass is 35.5. The number of oxazole rings is 1. The van der Waals surface area contributed by atoms with Gasteiger partial charge in [0.05, 0.1) is 29.0 Å². The van der Waals surface area contributed by atoms with E-state index in [0.717, 1.165) is 4.57 Å². The maximum absolute atomic E-state index is 11.5. The van der Waals surface area contributed by atoms with Gasteiger partial charge in [0.15, 0.2) is 5.58 Å². The SMILES string of the molecule is O=c1oc2ccc([N+](=O)[O-])cc2n1CC(O)CCl. The van der Waals surface area contributed by atoms with Crippen molar-refractivity contribution in [3.05, 3.63) is 38.9 Å². The van der Waals surface area contributed by atoms with Crippen molar-refractivity contribution in [3.63, 3.8) is 0 Å². The lowest BCUT2D eigenvalue weighted by molar-refractivity contribution is -0.384. The molecule has 0 saturated carbocycles. The zero-order valence-electron chi connectivity index (χ0n) is 9.08. The molecule has 1 atom stereocenters. The molecule has 1 N–H and O–H groups in total. The van der Waals surface area contributed by atoms with Crippen molar-refractivity contribution in [2.24, 2.45) is 0 Å². The summed E-state index contributed by atoms with van der Waals surface area (Å²) in [6.45, 7) is -0.0729. The van der Waals surface area contributed by atoms with Crippen LogP contribution < -0.4 is 5.76 Å². The number of fused-ring (bicyclic) bond motifs is 1. The summed E-state index contributed by atoms with van der Waals surface area (Å²) in [7, 11) is 0. The number of aliphatic hydroxyl groups excluding tert-OH is 1. The van der Waals surface area contributed by atoms with Crippen LogP contribution >= 0.6 is 11.6 Å². The first-order valence-corrected chi connectivity index (χ1v) is 5.58. The predicted molar refractivity (Wildman–Crippen MR) is 63.9 cm³/mol. The van der Waals surface area contributed by atoms with E-state index in [1.165, 1.54) is 18.2 Å². The third-order valence-electron chi connectivity index (χ3n) is 2.43. The van der Waals surface area contributed by atoms with E-state index in [-0.39, 0.29) is 29.2 Å². The van der Waals surface area contributed by atoms with E-state index in [1.54, 1.807) is 0 Å². The second-order valence-electron chi connectivity index (χ2n) is 3.70. The molecule has 0 radical (unpaired) electrons. The molecule has 0 saturated heterocycles. The zero-order chi connectivity index (χ0) is 13.3. The van der Waals surface area contributed by atoms with Gasteiger partial charge in [-0.05, 0) is 6.07 Å². The van der Waals surface area contributed by atoms with Gasteiger partial charge in [0.2, 0.25) is 0 Å². The molecule has 0 aliphatic carbocycles. The van der Waals surface area contributed by atoms with Gasteiger partial charge in [0.25, 0.3) is 5.69 Å². The third kappa shape index (κ3) is 2.22. The Morgan fingerprint density at radius 1 is 1.56 bits per heavy atom. The molecule has 7 nitrogen and oxygen atoms in total. The van der Waals surface area contributed by atoms with Gasteiger partial charge in [-0.2, -0.15) is 0 Å². The Bertz CT molecular complexity index is 647. The number of nitrogens with zero attached hydrogens (tertiary/aromatic N) is 2. The van der Waals surface area contributed by atoms with E-state index in [4.69, 9.17) is 16.0 Å². The van der Waals surface area contributed by atoms with Crippen LogP contribution in [-0.4, -0.2) is 26.6 Å². The molecule has 1 aromatic carbocycles. The van der Waals surface area contributed by atoms with Gasteiger partial charge in [-0.3, -0.25) is 14.7 Å². The summed E-state index contributed by atoms with van der Waals surface area (Å²) < 4.78 is 6.03. The normalized spacial score (nSPS) is 12.8. The Labute approximate surface area is 105 Å². The summed E-state index contributed by atoms with van der Waals surface area (Å²) in [5, 5.41) is 20.1. The first-order chi connectivity index (χ1) is 8.52. The van der Waals surface area contributed by atoms with Crippen LogP contribution in [0.3, 0.4) is 0 Å². The fourth-order valence-electron chi connectivity index (χ4n) is 1.60. The van der Waals surface area contributed by atoms with Crippen molar-refractivity contribution in [2.45, 2.75) is 12.6 Å². The Balaban J connectivity index is 2.57. The smallest absolute Gasteiger partial charge is 0.408 e. The quantitative estimate of drug-likeness (QED) is 0.510. The molecule has 0 aliphatic rings. The monoisotopic (exact) mass is 272 g/mol. The van der Waals surface area contributed by atoms with Gasteiger partial charge in [-0.1, -0.05) is 0 Å². The van der Waals surface area contributed by atoms with Crippen molar-refractivity contribution >= 4 is 28.4 Å². The number of halogens is 1. The fourth-order valence-corrected chi connectivity index (χ4v) is 1.69. The summed E-state index contributed by atoms with van der Waals surface area (Å²) in [5.41, 5.74) is 0.336. The molecule has 0 aliphatic heterocycles. The molecule has 8 heteroatoms. The topological polar surface area (TPSA) is 98.5 Å². The molecule has 1 heterocycles. The van der Waals surface area contributed by atoms with E-state index in [1.807, 2.05) is 0 Å². The van der Waals surface area contributed by atoms with Crippen molar-refractivity contribution in [1.29, 1.82) is 0 Å². The minimum atomic E-state index is -0.926. The molecular formula is C10H9ClN2O5. The highest BCUT2D eigenvalue weighted by Crippen LogP contribution is 2.20. The number of aromatic nitrogens is 1. The molecular weight excluding hydrogens is 264 g/mol. The van der Waals surface area contributed by atoms with Gasteiger partial charge < -0.3 is 9.52 Å². The van der Waals surface area contributed by atoms with E-state index >= 15 is 0 Å². The first-order valence-electron chi connectivity index (χ1n) is 5.04. The van der Waals surface area contributed by atoms with Crippen LogP contribution in [-0.2, 0) is 6.54 Å². The van der Waals surface area contributed by atoms with Crippen LogP contribution in [0.1, 0.15) is 0 Å². The van der Waals surface area contributed by atoms with Crippen molar-refractivity contribution in [2.75, 3.05) is 5.88 Å². The number of aliphatic hydroxyl groups is 1. The first kappa shape index (κ1) is 12.6. The second-order valence-corrected chi connectivity index (χ2v) is 4.00. The van der Waals surface area contributed by atoms with Crippen LogP contribution in [0, 0.1) is 10.1 Å². The highest BCUT2D eigenvalue weighted by molar-refractivity contribution is 6.18.